The van der Waals surface area contributed by atoms with Crippen LogP contribution in [0.25, 0.3) is 0 Å². The fourth-order valence-electron chi connectivity index (χ4n) is 2.84. The molecule has 1 saturated heterocycles. The molecule has 0 spiro atoms. The number of piperidine rings is 1. The first-order valence-electron chi connectivity index (χ1n) is 7.96. The highest BCUT2D eigenvalue weighted by atomic mass is 16.5. The molecule has 1 atom stereocenters. The maximum absolute atomic E-state index is 12.0. The molecule has 1 saturated carbocycles. The normalized spacial score (nSPS) is 21.7. The highest BCUT2D eigenvalue weighted by Crippen LogP contribution is 2.38. The smallest absolute Gasteiger partial charge is 0.397 e. The largest absolute Gasteiger partial charge is 0.459 e. The number of carbonyl (C=O) groups is 2. The van der Waals surface area contributed by atoms with Crippen molar-refractivity contribution in [2.75, 3.05) is 19.7 Å². The number of amides is 1. The molecule has 0 radical (unpaired) electrons. The topological polar surface area (TPSA) is 85.5 Å². The number of ether oxygens (including phenoxy) is 1. The van der Waals surface area contributed by atoms with Crippen LogP contribution >= 0.6 is 0 Å². The molecule has 3 rings (SSSR count). The van der Waals surface area contributed by atoms with Crippen molar-refractivity contribution in [3.63, 3.8) is 0 Å². The van der Waals surface area contributed by atoms with E-state index in [1.165, 1.54) is 0 Å². The number of aromatic nitrogens is 2. The van der Waals surface area contributed by atoms with Crippen molar-refractivity contribution in [2.45, 2.75) is 44.9 Å². The van der Waals surface area contributed by atoms with Gasteiger partial charge in [-0.25, -0.2) is 4.79 Å². The van der Waals surface area contributed by atoms with Crippen LogP contribution < -0.4 is 0 Å². The molecule has 22 heavy (non-hydrogen) atoms. The van der Waals surface area contributed by atoms with Crippen LogP contribution in [0.4, 0.5) is 0 Å². The number of hydrogen-bond donors (Lipinski definition) is 0. The SMILES string of the molecule is CCOC(=O)C(=O)N1CCCC(Cc2nc(C3CC3)no2)C1. The van der Waals surface area contributed by atoms with Crippen molar-refractivity contribution >= 4 is 11.9 Å². The van der Waals surface area contributed by atoms with Gasteiger partial charge in [-0.2, -0.15) is 4.98 Å². The predicted octanol–water partition coefficient (Wildman–Crippen LogP) is 1.29. The van der Waals surface area contributed by atoms with E-state index in [2.05, 4.69) is 10.1 Å². The van der Waals surface area contributed by atoms with Gasteiger partial charge in [0.05, 0.1) is 6.61 Å². The van der Waals surface area contributed by atoms with Gasteiger partial charge in [-0.05, 0) is 38.5 Å². The summed E-state index contributed by atoms with van der Waals surface area (Å²) in [6.07, 6.45) is 4.81. The van der Waals surface area contributed by atoms with Crippen LogP contribution in [0.3, 0.4) is 0 Å². The van der Waals surface area contributed by atoms with E-state index >= 15 is 0 Å². The second-order valence-corrected chi connectivity index (χ2v) is 6.00. The Morgan fingerprint density at radius 1 is 1.36 bits per heavy atom. The minimum atomic E-state index is -0.767. The summed E-state index contributed by atoms with van der Waals surface area (Å²) in [4.78, 5) is 29.5. The molecule has 1 aliphatic heterocycles. The molecule has 2 fully saturated rings. The van der Waals surface area contributed by atoms with Crippen LogP contribution in [0.15, 0.2) is 4.52 Å². The van der Waals surface area contributed by atoms with E-state index in [9.17, 15) is 9.59 Å². The number of rotatable bonds is 4. The number of likely N-dealkylation sites (tertiary alicyclic amines) is 1. The van der Waals surface area contributed by atoms with Crippen molar-refractivity contribution in [3.8, 4) is 0 Å². The van der Waals surface area contributed by atoms with Crippen LogP contribution in [0, 0.1) is 5.92 Å². The van der Waals surface area contributed by atoms with Crippen LogP contribution in [0.5, 0.6) is 0 Å². The second kappa shape index (κ2) is 6.46. The summed E-state index contributed by atoms with van der Waals surface area (Å²) in [7, 11) is 0. The molecule has 2 heterocycles. The Bertz CT molecular complexity index is 553. The Morgan fingerprint density at radius 2 is 2.18 bits per heavy atom. The molecule has 1 aliphatic carbocycles. The van der Waals surface area contributed by atoms with Crippen molar-refractivity contribution in [2.24, 2.45) is 5.92 Å². The quantitative estimate of drug-likeness (QED) is 0.615. The molecule has 2 aliphatic rings. The van der Waals surface area contributed by atoms with E-state index in [4.69, 9.17) is 9.26 Å². The Balaban J connectivity index is 1.55. The molecule has 1 amide bonds. The molecule has 0 N–H and O–H groups in total. The summed E-state index contributed by atoms with van der Waals surface area (Å²) in [5.41, 5.74) is 0. The third kappa shape index (κ3) is 3.45. The van der Waals surface area contributed by atoms with E-state index < -0.39 is 11.9 Å². The van der Waals surface area contributed by atoms with Gasteiger partial charge in [-0.15, -0.1) is 0 Å². The van der Waals surface area contributed by atoms with E-state index in [-0.39, 0.29) is 12.5 Å². The van der Waals surface area contributed by atoms with Crippen LogP contribution in [0.2, 0.25) is 0 Å². The maximum atomic E-state index is 12.0. The predicted molar refractivity (Wildman–Crippen MR) is 75.9 cm³/mol. The molecule has 1 aromatic heterocycles. The average Bonchev–Trinajstić information content (AvgIpc) is 3.27. The molecule has 0 bridgehead atoms. The van der Waals surface area contributed by atoms with E-state index in [0.29, 0.717) is 31.3 Å². The lowest BCUT2D eigenvalue weighted by Gasteiger charge is -2.31. The highest BCUT2D eigenvalue weighted by Gasteiger charge is 2.31. The minimum absolute atomic E-state index is 0.216. The second-order valence-electron chi connectivity index (χ2n) is 6.00. The summed E-state index contributed by atoms with van der Waals surface area (Å²) < 4.78 is 10.1. The van der Waals surface area contributed by atoms with Gasteiger partial charge in [0, 0.05) is 25.4 Å². The van der Waals surface area contributed by atoms with Gasteiger partial charge in [0.25, 0.3) is 0 Å². The Morgan fingerprint density at radius 3 is 2.91 bits per heavy atom. The van der Waals surface area contributed by atoms with Crippen LogP contribution in [-0.2, 0) is 20.7 Å². The number of esters is 1. The zero-order valence-corrected chi connectivity index (χ0v) is 12.8. The third-order valence-corrected chi connectivity index (χ3v) is 4.15. The van der Waals surface area contributed by atoms with Gasteiger partial charge in [0.2, 0.25) is 5.89 Å². The zero-order chi connectivity index (χ0) is 15.5. The Labute approximate surface area is 129 Å². The van der Waals surface area contributed by atoms with Gasteiger partial charge < -0.3 is 14.2 Å². The van der Waals surface area contributed by atoms with Crippen LogP contribution in [0.1, 0.15) is 50.2 Å². The summed E-state index contributed by atoms with van der Waals surface area (Å²) in [6, 6.07) is 0. The molecular weight excluding hydrogens is 286 g/mol. The fraction of sp³-hybridized carbons (Fsp3) is 0.733. The molecule has 7 heteroatoms. The maximum Gasteiger partial charge on any atom is 0.397 e. The standard InChI is InChI=1S/C15H21N3O4/c1-2-21-15(20)14(19)18-7-3-4-10(9-18)8-12-16-13(17-22-12)11-5-6-11/h10-11H,2-9H2,1H3. The third-order valence-electron chi connectivity index (χ3n) is 4.15. The Hall–Kier alpha value is -1.92. The van der Waals surface area contributed by atoms with Crippen molar-refractivity contribution < 1.29 is 18.8 Å². The lowest BCUT2D eigenvalue weighted by Crippen LogP contribution is -2.44. The zero-order valence-electron chi connectivity index (χ0n) is 12.8. The lowest BCUT2D eigenvalue weighted by atomic mass is 9.94. The first kappa shape index (κ1) is 15.0. The van der Waals surface area contributed by atoms with Gasteiger partial charge >= 0.3 is 11.9 Å². The van der Waals surface area contributed by atoms with Gasteiger partial charge in [0.1, 0.15) is 0 Å². The van der Waals surface area contributed by atoms with Gasteiger partial charge in [-0.3, -0.25) is 4.79 Å². The van der Waals surface area contributed by atoms with E-state index in [0.717, 1.165) is 31.5 Å². The van der Waals surface area contributed by atoms with E-state index in [1.54, 1.807) is 11.8 Å². The highest BCUT2D eigenvalue weighted by molar-refractivity contribution is 6.32. The minimum Gasteiger partial charge on any atom is -0.459 e. The monoisotopic (exact) mass is 307 g/mol. The first-order chi connectivity index (χ1) is 10.7. The molecule has 1 unspecified atom stereocenters. The van der Waals surface area contributed by atoms with Gasteiger partial charge in [-0.1, -0.05) is 5.16 Å². The van der Waals surface area contributed by atoms with E-state index in [1.807, 2.05) is 0 Å². The lowest BCUT2D eigenvalue weighted by molar-refractivity contribution is -0.160. The summed E-state index contributed by atoms with van der Waals surface area (Å²) in [5, 5.41) is 4.01. The number of hydrogen-bond acceptors (Lipinski definition) is 6. The van der Waals surface area contributed by atoms with Crippen molar-refractivity contribution in [3.05, 3.63) is 11.7 Å². The number of carbonyl (C=O) groups excluding carboxylic acids is 2. The number of nitrogens with zero attached hydrogens (tertiary/aromatic N) is 3. The summed E-state index contributed by atoms with van der Waals surface area (Å²) in [5.74, 6) is 0.862. The van der Waals surface area contributed by atoms with Gasteiger partial charge in [0.15, 0.2) is 5.82 Å². The first-order valence-corrected chi connectivity index (χ1v) is 7.96. The molecular formula is C15H21N3O4. The summed E-state index contributed by atoms with van der Waals surface area (Å²) in [6.45, 7) is 3.05. The van der Waals surface area contributed by atoms with Crippen LogP contribution in [-0.4, -0.2) is 46.6 Å². The Kier molecular flexibility index (Phi) is 4.40. The summed E-state index contributed by atoms with van der Waals surface area (Å²) >= 11 is 0. The average molecular weight is 307 g/mol. The molecule has 120 valence electrons. The fourth-order valence-corrected chi connectivity index (χ4v) is 2.84. The molecule has 0 aromatic carbocycles. The van der Waals surface area contributed by atoms with Crippen molar-refractivity contribution in [1.82, 2.24) is 15.0 Å². The molecule has 1 aromatic rings. The molecule has 7 nitrogen and oxygen atoms in total. The van der Waals surface area contributed by atoms with Crippen molar-refractivity contribution in [1.29, 1.82) is 0 Å².